The molecule has 3 rings (SSSR count). The average molecular weight is 383 g/mol. The fraction of sp³-hybridized carbons (Fsp3) is 0.462. The van der Waals surface area contributed by atoms with Crippen molar-refractivity contribution in [3.8, 4) is 0 Å². The number of thioether (sulfide) groups is 1. The molecule has 0 amide bonds. The van der Waals surface area contributed by atoms with Gasteiger partial charge in [-0.2, -0.15) is 13.2 Å². The molecular formula is C13H10F5N3O3S. The first kappa shape index (κ1) is 17.9. The average Bonchev–Trinajstić information content (AvgIpc) is 2.89. The third-order valence-corrected chi connectivity index (χ3v) is 5.52. The highest BCUT2D eigenvalue weighted by Crippen LogP contribution is 2.56. The van der Waals surface area contributed by atoms with Gasteiger partial charge in [0.15, 0.2) is 22.9 Å². The van der Waals surface area contributed by atoms with E-state index in [9.17, 15) is 32.1 Å². The molecule has 6 nitrogen and oxygen atoms in total. The van der Waals surface area contributed by atoms with Gasteiger partial charge in [0.1, 0.15) is 0 Å². The lowest BCUT2D eigenvalue weighted by Gasteiger charge is -2.37. The first-order valence-corrected chi connectivity index (χ1v) is 7.69. The van der Waals surface area contributed by atoms with Crippen molar-refractivity contribution in [3.63, 3.8) is 0 Å². The second-order valence-corrected chi connectivity index (χ2v) is 6.95. The molecule has 12 heteroatoms. The summed E-state index contributed by atoms with van der Waals surface area (Å²) >= 11 is 0.594. The molecule has 0 bridgehead atoms. The monoisotopic (exact) mass is 383 g/mol. The summed E-state index contributed by atoms with van der Waals surface area (Å²) in [7, 11) is 0. The molecule has 2 aliphatic heterocycles. The first-order valence-electron chi connectivity index (χ1n) is 6.87. The highest BCUT2D eigenvalue weighted by Gasteiger charge is 2.62. The number of non-ortho nitro benzene ring substituents is 1. The quantitative estimate of drug-likeness (QED) is 0.482. The van der Waals surface area contributed by atoms with Crippen LogP contribution in [-0.2, 0) is 9.48 Å². The van der Waals surface area contributed by atoms with Gasteiger partial charge in [-0.1, -0.05) is 11.8 Å². The largest absolute Gasteiger partial charge is 0.415 e. The topological polar surface area (TPSA) is 90.8 Å². The minimum absolute atomic E-state index is 0.131. The number of hydrogen-bond donors (Lipinski definition) is 1. The van der Waals surface area contributed by atoms with Gasteiger partial charge in [0.25, 0.3) is 5.69 Å². The van der Waals surface area contributed by atoms with E-state index in [0.29, 0.717) is 17.8 Å². The van der Waals surface area contributed by atoms with Crippen LogP contribution in [0.5, 0.6) is 0 Å². The summed E-state index contributed by atoms with van der Waals surface area (Å²) in [5.74, 6) is -4.40. The van der Waals surface area contributed by atoms with Crippen LogP contribution in [0.3, 0.4) is 0 Å². The zero-order chi connectivity index (χ0) is 18.6. The number of benzene rings is 1. The smallest absolute Gasteiger partial charge is 0.379 e. The van der Waals surface area contributed by atoms with E-state index in [2.05, 4.69) is 4.99 Å². The standard InChI is InChI=1S/C13H10F5N3O3S/c14-8-2-5(21(22)23)1-6(9(8)15)12-4-24-10(13(16,17)18)7(12)3-20-11(19)25-12/h1-2,7,10H,3-4H2,(H2,19,20)/t7-,10-,12+/m0/s1. The van der Waals surface area contributed by atoms with E-state index in [1.54, 1.807) is 0 Å². The second-order valence-electron chi connectivity index (χ2n) is 5.60. The van der Waals surface area contributed by atoms with Crippen LogP contribution in [0.25, 0.3) is 0 Å². The van der Waals surface area contributed by atoms with E-state index in [1.165, 1.54) is 0 Å². The molecule has 1 fully saturated rings. The predicted molar refractivity (Wildman–Crippen MR) is 78.1 cm³/mol. The molecule has 1 saturated heterocycles. The fourth-order valence-corrected chi connectivity index (χ4v) is 4.33. The number of nitrogens with zero attached hydrogens (tertiary/aromatic N) is 2. The number of halogens is 5. The summed E-state index contributed by atoms with van der Waals surface area (Å²) in [5, 5.41) is 10.8. The highest BCUT2D eigenvalue weighted by molar-refractivity contribution is 8.14. The van der Waals surface area contributed by atoms with Crippen molar-refractivity contribution in [2.24, 2.45) is 16.6 Å². The normalized spacial score (nSPS) is 29.2. The van der Waals surface area contributed by atoms with E-state index >= 15 is 0 Å². The van der Waals surface area contributed by atoms with Crippen molar-refractivity contribution < 1.29 is 31.6 Å². The summed E-state index contributed by atoms with van der Waals surface area (Å²) in [5.41, 5.74) is 4.22. The van der Waals surface area contributed by atoms with Gasteiger partial charge in [-0.05, 0) is 0 Å². The fourth-order valence-electron chi connectivity index (χ4n) is 3.08. The molecule has 2 heterocycles. The van der Waals surface area contributed by atoms with Crippen molar-refractivity contribution in [1.82, 2.24) is 0 Å². The number of ether oxygens (including phenoxy) is 1. The Morgan fingerprint density at radius 2 is 2.08 bits per heavy atom. The Balaban J connectivity index is 2.19. The first-order chi connectivity index (χ1) is 11.6. The molecule has 0 saturated carbocycles. The molecule has 2 N–H and O–H groups in total. The van der Waals surface area contributed by atoms with E-state index < -0.39 is 63.9 Å². The Bertz CT molecular complexity index is 772. The highest BCUT2D eigenvalue weighted by atomic mass is 32.2. The van der Waals surface area contributed by atoms with Crippen LogP contribution in [0, 0.1) is 27.7 Å². The molecule has 0 aliphatic carbocycles. The summed E-state index contributed by atoms with van der Waals surface area (Å²) < 4.78 is 70.9. The van der Waals surface area contributed by atoms with Crippen LogP contribution in [0.1, 0.15) is 5.56 Å². The van der Waals surface area contributed by atoms with Gasteiger partial charge >= 0.3 is 6.18 Å². The van der Waals surface area contributed by atoms with Crippen LogP contribution in [0.4, 0.5) is 27.6 Å². The lowest BCUT2D eigenvalue weighted by molar-refractivity contribution is -0.385. The van der Waals surface area contributed by atoms with Gasteiger partial charge in [0.05, 0.1) is 22.3 Å². The number of nitrogens with two attached hydrogens (primary N) is 1. The zero-order valence-electron chi connectivity index (χ0n) is 12.2. The van der Waals surface area contributed by atoms with Gasteiger partial charge in [0.2, 0.25) is 0 Å². The Hall–Kier alpha value is -1.95. The molecule has 0 radical (unpaired) electrons. The second kappa shape index (κ2) is 5.80. The van der Waals surface area contributed by atoms with Crippen LogP contribution in [0.15, 0.2) is 17.1 Å². The maximum absolute atomic E-state index is 14.4. The molecule has 2 aliphatic rings. The summed E-state index contributed by atoms with van der Waals surface area (Å²) in [6, 6.07) is 1.09. The van der Waals surface area contributed by atoms with Crippen molar-refractivity contribution in [3.05, 3.63) is 39.4 Å². The molecule has 0 spiro atoms. The Kier molecular flexibility index (Phi) is 4.14. The van der Waals surface area contributed by atoms with E-state index in [-0.39, 0.29) is 5.17 Å². The Morgan fingerprint density at radius 3 is 2.68 bits per heavy atom. The number of hydrogen-bond acceptors (Lipinski definition) is 6. The third kappa shape index (κ3) is 2.82. The van der Waals surface area contributed by atoms with Gasteiger partial charge in [-0.25, -0.2) is 8.78 Å². The van der Waals surface area contributed by atoms with Crippen LogP contribution < -0.4 is 5.73 Å². The van der Waals surface area contributed by atoms with Crippen LogP contribution >= 0.6 is 11.8 Å². The maximum Gasteiger partial charge on any atom is 0.415 e. The van der Waals surface area contributed by atoms with Crippen molar-refractivity contribution in [1.29, 1.82) is 0 Å². The van der Waals surface area contributed by atoms with Crippen molar-refractivity contribution in [2.75, 3.05) is 13.2 Å². The number of aliphatic imine (C=N–C) groups is 1. The molecular weight excluding hydrogens is 373 g/mol. The molecule has 0 aromatic heterocycles. The Morgan fingerprint density at radius 1 is 1.40 bits per heavy atom. The zero-order valence-corrected chi connectivity index (χ0v) is 13.0. The molecule has 0 unspecified atom stereocenters. The number of amidine groups is 1. The number of alkyl halides is 3. The van der Waals surface area contributed by atoms with E-state index in [0.717, 1.165) is 6.07 Å². The van der Waals surface area contributed by atoms with Crippen LogP contribution in [0.2, 0.25) is 0 Å². The lowest BCUT2D eigenvalue weighted by atomic mass is 9.83. The lowest BCUT2D eigenvalue weighted by Crippen LogP contribution is -2.45. The molecule has 136 valence electrons. The van der Waals surface area contributed by atoms with Gasteiger partial charge in [-0.3, -0.25) is 15.1 Å². The number of fused-ring (bicyclic) bond motifs is 1. The van der Waals surface area contributed by atoms with Gasteiger partial charge in [0, 0.05) is 24.1 Å². The van der Waals surface area contributed by atoms with E-state index in [1.807, 2.05) is 0 Å². The molecule has 1 aromatic carbocycles. The minimum atomic E-state index is -4.76. The third-order valence-electron chi connectivity index (χ3n) is 4.17. The summed E-state index contributed by atoms with van der Waals surface area (Å²) in [6.07, 6.45) is -7.02. The number of nitro benzene ring substituents is 1. The minimum Gasteiger partial charge on any atom is -0.379 e. The number of rotatable bonds is 2. The van der Waals surface area contributed by atoms with Crippen molar-refractivity contribution >= 4 is 22.6 Å². The molecule has 3 atom stereocenters. The van der Waals surface area contributed by atoms with Gasteiger partial charge in [-0.15, -0.1) is 0 Å². The Labute approximate surface area is 141 Å². The van der Waals surface area contributed by atoms with Crippen molar-refractivity contribution in [2.45, 2.75) is 17.0 Å². The SMILES string of the molecule is NC1=NC[C@H]2[C@@H](C(F)(F)F)OC[C@]2(c2cc([N+](=O)[O-])cc(F)c2F)S1. The molecule has 1 aromatic rings. The molecule has 25 heavy (non-hydrogen) atoms. The predicted octanol–water partition coefficient (Wildman–Crippen LogP) is 2.71. The van der Waals surface area contributed by atoms with E-state index in [4.69, 9.17) is 10.5 Å². The summed E-state index contributed by atoms with van der Waals surface area (Å²) in [6.45, 7) is -1.06. The van der Waals surface area contributed by atoms with Crippen LogP contribution in [-0.4, -0.2) is 35.5 Å². The van der Waals surface area contributed by atoms with Gasteiger partial charge < -0.3 is 10.5 Å². The number of nitro groups is 1. The maximum atomic E-state index is 14.4. The summed E-state index contributed by atoms with van der Waals surface area (Å²) in [4.78, 5) is 13.7.